The van der Waals surface area contributed by atoms with Gasteiger partial charge < -0.3 is 9.47 Å². The number of amides is 1. The standard InChI is InChI=1S/C30H41N3O/c1-3-4-5-6-7-8-9-10-11-14-21-32-28-16-13-12-15-27(28)31-30(32)25-22-29(34)33(23-25)26-19-17-24(2)18-20-26/h12-13,15-20,25H,3-11,14,21-23H2,1-2H3/t25-/m0/s1. The van der Waals surface area contributed by atoms with Crippen LogP contribution in [0.3, 0.4) is 0 Å². The summed E-state index contributed by atoms with van der Waals surface area (Å²) in [5, 5.41) is 0. The van der Waals surface area contributed by atoms with E-state index in [4.69, 9.17) is 4.98 Å². The Labute approximate surface area is 205 Å². The zero-order chi connectivity index (χ0) is 23.8. The molecule has 1 aliphatic heterocycles. The molecule has 0 bridgehead atoms. The van der Waals surface area contributed by atoms with Gasteiger partial charge in [-0.15, -0.1) is 0 Å². The van der Waals surface area contributed by atoms with Crippen LogP contribution in [0.5, 0.6) is 0 Å². The van der Waals surface area contributed by atoms with Gasteiger partial charge in [0.1, 0.15) is 5.82 Å². The Morgan fingerprint density at radius 3 is 2.21 bits per heavy atom. The van der Waals surface area contributed by atoms with Crippen molar-refractivity contribution >= 4 is 22.6 Å². The van der Waals surface area contributed by atoms with Crippen molar-refractivity contribution in [2.75, 3.05) is 11.4 Å². The minimum absolute atomic E-state index is 0.143. The normalized spacial score (nSPS) is 16.1. The average Bonchev–Trinajstić information content (AvgIpc) is 3.41. The average molecular weight is 460 g/mol. The van der Waals surface area contributed by atoms with Gasteiger partial charge in [0.2, 0.25) is 5.91 Å². The summed E-state index contributed by atoms with van der Waals surface area (Å²) in [5.41, 5.74) is 4.46. The second kappa shape index (κ2) is 12.2. The van der Waals surface area contributed by atoms with E-state index in [1.54, 1.807) is 0 Å². The molecule has 4 rings (SSSR count). The molecule has 0 aliphatic carbocycles. The summed E-state index contributed by atoms with van der Waals surface area (Å²) in [6, 6.07) is 16.7. The molecule has 0 unspecified atom stereocenters. The molecule has 182 valence electrons. The highest BCUT2D eigenvalue weighted by molar-refractivity contribution is 5.96. The number of aryl methyl sites for hydroxylation is 2. The van der Waals surface area contributed by atoms with Crippen LogP contribution in [0.4, 0.5) is 5.69 Å². The maximum absolute atomic E-state index is 12.9. The van der Waals surface area contributed by atoms with Gasteiger partial charge in [-0.2, -0.15) is 0 Å². The lowest BCUT2D eigenvalue weighted by molar-refractivity contribution is -0.117. The van der Waals surface area contributed by atoms with Crippen molar-refractivity contribution in [1.29, 1.82) is 0 Å². The molecule has 3 aromatic rings. The van der Waals surface area contributed by atoms with Crippen LogP contribution in [0.25, 0.3) is 11.0 Å². The van der Waals surface area contributed by atoms with E-state index in [9.17, 15) is 4.79 Å². The number of anilines is 1. The molecule has 0 N–H and O–H groups in total. The van der Waals surface area contributed by atoms with Gasteiger partial charge in [0.05, 0.1) is 11.0 Å². The van der Waals surface area contributed by atoms with Gasteiger partial charge in [0, 0.05) is 31.1 Å². The largest absolute Gasteiger partial charge is 0.328 e. The van der Waals surface area contributed by atoms with E-state index in [2.05, 4.69) is 66.9 Å². The number of aromatic nitrogens is 2. The van der Waals surface area contributed by atoms with E-state index < -0.39 is 0 Å². The Bertz CT molecular complexity index is 1050. The number of hydrogen-bond acceptors (Lipinski definition) is 2. The van der Waals surface area contributed by atoms with Crippen LogP contribution in [-0.2, 0) is 11.3 Å². The zero-order valence-electron chi connectivity index (χ0n) is 21.1. The van der Waals surface area contributed by atoms with Crippen LogP contribution in [0, 0.1) is 6.92 Å². The Morgan fingerprint density at radius 1 is 0.853 bits per heavy atom. The lowest BCUT2D eigenvalue weighted by Crippen LogP contribution is -2.24. The van der Waals surface area contributed by atoms with Crippen molar-refractivity contribution < 1.29 is 4.79 Å². The first-order valence-corrected chi connectivity index (χ1v) is 13.5. The molecule has 2 heterocycles. The number of carbonyl (C=O) groups is 1. The van der Waals surface area contributed by atoms with Gasteiger partial charge in [-0.25, -0.2) is 4.98 Å². The molecule has 0 spiro atoms. The van der Waals surface area contributed by atoms with Crippen LogP contribution in [0.1, 0.15) is 94.9 Å². The van der Waals surface area contributed by atoms with E-state index in [-0.39, 0.29) is 11.8 Å². The fourth-order valence-electron chi connectivity index (χ4n) is 5.25. The monoisotopic (exact) mass is 459 g/mol. The smallest absolute Gasteiger partial charge is 0.227 e. The van der Waals surface area contributed by atoms with Crippen LogP contribution < -0.4 is 4.90 Å². The van der Waals surface area contributed by atoms with E-state index in [0.717, 1.165) is 23.6 Å². The van der Waals surface area contributed by atoms with E-state index in [1.165, 1.54) is 75.3 Å². The van der Waals surface area contributed by atoms with Crippen molar-refractivity contribution in [2.24, 2.45) is 0 Å². The highest BCUT2D eigenvalue weighted by Crippen LogP contribution is 2.33. The summed E-state index contributed by atoms with van der Waals surface area (Å²) >= 11 is 0. The number of nitrogens with zero attached hydrogens (tertiary/aromatic N) is 3. The molecular weight excluding hydrogens is 418 g/mol. The fraction of sp³-hybridized carbons (Fsp3) is 0.533. The number of carbonyl (C=O) groups excluding carboxylic acids is 1. The number of imidazole rings is 1. The summed E-state index contributed by atoms with van der Waals surface area (Å²) in [7, 11) is 0. The molecule has 1 fully saturated rings. The van der Waals surface area contributed by atoms with Gasteiger partial charge in [0.25, 0.3) is 0 Å². The van der Waals surface area contributed by atoms with E-state index >= 15 is 0 Å². The predicted molar refractivity (Wildman–Crippen MR) is 142 cm³/mol. The Kier molecular flexibility index (Phi) is 8.79. The summed E-state index contributed by atoms with van der Waals surface area (Å²) in [5.74, 6) is 1.43. The van der Waals surface area contributed by atoms with Crippen molar-refractivity contribution in [3.8, 4) is 0 Å². The molecular formula is C30H41N3O. The van der Waals surface area contributed by atoms with Crippen LogP contribution >= 0.6 is 0 Å². The second-order valence-corrected chi connectivity index (χ2v) is 10.0. The highest BCUT2D eigenvalue weighted by Gasteiger charge is 2.34. The van der Waals surface area contributed by atoms with Gasteiger partial charge >= 0.3 is 0 Å². The Hall–Kier alpha value is -2.62. The number of fused-ring (bicyclic) bond motifs is 1. The topological polar surface area (TPSA) is 38.1 Å². The molecule has 1 saturated heterocycles. The number of benzene rings is 2. The lowest BCUT2D eigenvalue weighted by Gasteiger charge is -2.17. The summed E-state index contributed by atoms with van der Waals surface area (Å²) in [6.45, 7) is 6.05. The molecule has 34 heavy (non-hydrogen) atoms. The van der Waals surface area contributed by atoms with Crippen molar-refractivity contribution in [1.82, 2.24) is 9.55 Å². The van der Waals surface area contributed by atoms with Crippen LogP contribution in [0.2, 0.25) is 0 Å². The Morgan fingerprint density at radius 2 is 1.50 bits per heavy atom. The first kappa shape index (κ1) is 24.5. The Balaban J connectivity index is 1.36. The van der Waals surface area contributed by atoms with Crippen LogP contribution in [0.15, 0.2) is 48.5 Å². The lowest BCUT2D eigenvalue weighted by atomic mass is 10.1. The number of rotatable bonds is 13. The molecule has 0 radical (unpaired) electrons. The third kappa shape index (κ3) is 6.08. The third-order valence-corrected chi connectivity index (χ3v) is 7.26. The van der Waals surface area contributed by atoms with Crippen molar-refractivity contribution in [3.63, 3.8) is 0 Å². The molecule has 4 nitrogen and oxygen atoms in total. The van der Waals surface area contributed by atoms with E-state index in [1.807, 2.05) is 4.90 Å². The minimum atomic E-state index is 0.143. The highest BCUT2D eigenvalue weighted by atomic mass is 16.2. The number of unbranched alkanes of at least 4 members (excludes halogenated alkanes) is 9. The molecule has 4 heteroatoms. The first-order valence-electron chi connectivity index (χ1n) is 13.5. The molecule has 1 atom stereocenters. The SMILES string of the molecule is CCCCCCCCCCCCn1c([C@H]2CC(=O)N(c3ccc(C)cc3)C2)nc2ccccc21. The summed E-state index contributed by atoms with van der Waals surface area (Å²) in [4.78, 5) is 19.9. The summed E-state index contributed by atoms with van der Waals surface area (Å²) in [6.07, 6.45) is 13.9. The number of para-hydroxylation sites is 2. The molecule has 1 amide bonds. The third-order valence-electron chi connectivity index (χ3n) is 7.26. The fourth-order valence-corrected chi connectivity index (χ4v) is 5.25. The first-order chi connectivity index (χ1) is 16.7. The number of hydrogen-bond donors (Lipinski definition) is 0. The minimum Gasteiger partial charge on any atom is -0.328 e. The zero-order valence-corrected chi connectivity index (χ0v) is 21.1. The molecule has 2 aromatic carbocycles. The summed E-state index contributed by atoms with van der Waals surface area (Å²) < 4.78 is 2.40. The van der Waals surface area contributed by atoms with Crippen molar-refractivity contribution in [3.05, 3.63) is 59.9 Å². The predicted octanol–water partition coefficient (Wildman–Crippen LogP) is 7.79. The molecule has 1 aliphatic rings. The second-order valence-electron chi connectivity index (χ2n) is 10.0. The van der Waals surface area contributed by atoms with Crippen LogP contribution in [-0.4, -0.2) is 22.0 Å². The van der Waals surface area contributed by atoms with Gasteiger partial charge in [0.15, 0.2) is 0 Å². The molecule has 0 saturated carbocycles. The maximum Gasteiger partial charge on any atom is 0.227 e. The van der Waals surface area contributed by atoms with Gasteiger partial charge in [-0.3, -0.25) is 4.79 Å². The van der Waals surface area contributed by atoms with Gasteiger partial charge in [-0.05, 0) is 37.6 Å². The van der Waals surface area contributed by atoms with Gasteiger partial charge in [-0.1, -0.05) is 94.5 Å². The quantitative estimate of drug-likeness (QED) is 0.245. The van der Waals surface area contributed by atoms with Crippen molar-refractivity contribution in [2.45, 2.75) is 96.9 Å². The van der Waals surface area contributed by atoms with E-state index in [0.29, 0.717) is 13.0 Å². The maximum atomic E-state index is 12.9. The molecule has 1 aromatic heterocycles.